The third-order valence-electron chi connectivity index (χ3n) is 3.26. The lowest BCUT2D eigenvalue weighted by atomic mass is 10.1. The van der Waals surface area contributed by atoms with Gasteiger partial charge < -0.3 is 5.32 Å². The van der Waals surface area contributed by atoms with Gasteiger partial charge in [-0.25, -0.2) is 9.97 Å². The molecule has 1 N–H and O–H groups in total. The third-order valence-corrected chi connectivity index (χ3v) is 4.64. The number of aromatic nitrogens is 4. The molecule has 2 aromatic heterocycles. The van der Waals surface area contributed by atoms with Crippen LogP contribution in [0.4, 0.5) is 5.82 Å². The molecule has 0 aromatic carbocycles. The fourth-order valence-corrected chi connectivity index (χ4v) is 3.51. The van der Waals surface area contributed by atoms with E-state index in [1.165, 1.54) is 0 Å². The molecule has 0 radical (unpaired) electrons. The highest BCUT2D eigenvalue weighted by Crippen LogP contribution is 2.21. The van der Waals surface area contributed by atoms with Crippen molar-refractivity contribution in [3.8, 4) is 0 Å². The average molecular weight is 265 g/mol. The van der Waals surface area contributed by atoms with Crippen LogP contribution in [0.2, 0.25) is 0 Å². The molecule has 1 aliphatic rings. The quantitative estimate of drug-likeness (QED) is 0.864. The Balaban J connectivity index is 1.84. The van der Waals surface area contributed by atoms with Gasteiger partial charge in [0.25, 0.3) is 0 Å². The van der Waals surface area contributed by atoms with Crippen LogP contribution < -0.4 is 5.32 Å². The second-order valence-corrected chi connectivity index (χ2v) is 6.19. The van der Waals surface area contributed by atoms with Crippen molar-refractivity contribution < 1.29 is 4.21 Å². The summed E-state index contributed by atoms with van der Waals surface area (Å²) in [6.07, 6.45) is 5.18. The van der Waals surface area contributed by atoms with Crippen molar-refractivity contribution in [1.29, 1.82) is 0 Å². The highest BCUT2D eigenvalue weighted by molar-refractivity contribution is 7.85. The van der Waals surface area contributed by atoms with Gasteiger partial charge >= 0.3 is 0 Å². The van der Waals surface area contributed by atoms with Crippen LogP contribution in [0, 0.1) is 0 Å². The number of nitrogens with one attached hydrogen (secondary N) is 1. The molecule has 3 heterocycles. The van der Waals surface area contributed by atoms with E-state index in [4.69, 9.17) is 0 Å². The minimum absolute atomic E-state index is 0.348. The highest BCUT2D eigenvalue weighted by Gasteiger charge is 2.19. The van der Waals surface area contributed by atoms with Gasteiger partial charge in [-0.3, -0.25) is 8.89 Å². The Morgan fingerprint density at radius 3 is 2.94 bits per heavy atom. The predicted molar refractivity (Wildman–Crippen MR) is 70.8 cm³/mol. The molecule has 0 amide bonds. The van der Waals surface area contributed by atoms with Crippen molar-refractivity contribution >= 4 is 27.7 Å². The van der Waals surface area contributed by atoms with Gasteiger partial charge in [-0.1, -0.05) is 0 Å². The van der Waals surface area contributed by atoms with Crippen molar-refractivity contribution in [2.45, 2.75) is 18.9 Å². The monoisotopic (exact) mass is 265 g/mol. The fourth-order valence-electron chi connectivity index (χ4n) is 2.21. The van der Waals surface area contributed by atoms with Crippen LogP contribution >= 0.6 is 0 Å². The molecule has 0 spiro atoms. The molecule has 1 fully saturated rings. The zero-order valence-corrected chi connectivity index (χ0v) is 11.0. The number of fused-ring (bicyclic) bond motifs is 1. The van der Waals surface area contributed by atoms with E-state index >= 15 is 0 Å². The van der Waals surface area contributed by atoms with Crippen LogP contribution in [0.25, 0.3) is 11.0 Å². The Labute approximate surface area is 107 Å². The van der Waals surface area contributed by atoms with Gasteiger partial charge in [0.05, 0.1) is 11.6 Å². The minimum atomic E-state index is -0.631. The predicted octanol–water partition coefficient (Wildman–Crippen LogP) is 0.686. The Morgan fingerprint density at radius 1 is 1.39 bits per heavy atom. The lowest BCUT2D eigenvalue weighted by Crippen LogP contribution is -2.29. The smallest absolute Gasteiger partial charge is 0.163 e. The molecule has 3 rings (SSSR count). The summed E-state index contributed by atoms with van der Waals surface area (Å²) >= 11 is 0. The lowest BCUT2D eigenvalue weighted by molar-refractivity contribution is 0.623. The zero-order chi connectivity index (χ0) is 12.5. The van der Waals surface area contributed by atoms with E-state index in [1.54, 1.807) is 17.2 Å². The second-order valence-electron chi connectivity index (χ2n) is 4.49. The van der Waals surface area contributed by atoms with Gasteiger partial charge in [0, 0.05) is 35.4 Å². The molecule has 1 aliphatic heterocycles. The van der Waals surface area contributed by atoms with Crippen molar-refractivity contribution in [3.63, 3.8) is 0 Å². The molecule has 7 heteroatoms. The van der Waals surface area contributed by atoms with Crippen LogP contribution in [0.3, 0.4) is 0 Å². The Bertz CT molecular complexity index is 586. The Kier molecular flexibility index (Phi) is 2.99. The van der Waals surface area contributed by atoms with Gasteiger partial charge in [0.15, 0.2) is 5.65 Å². The summed E-state index contributed by atoms with van der Waals surface area (Å²) in [5.41, 5.74) is 0.826. The van der Waals surface area contributed by atoms with Gasteiger partial charge in [0.1, 0.15) is 12.1 Å². The molecular weight excluding hydrogens is 250 g/mol. The van der Waals surface area contributed by atoms with Crippen LogP contribution in [0.15, 0.2) is 12.5 Å². The number of nitrogens with zero attached hydrogens (tertiary/aromatic N) is 4. The van der Waals surface area contributed by atoms with Crippen molar-refractivity contribution in [2.24, 2.45) is 7.05 Å². The SMILES string of the molecule is Cn1ncc2c(NC3CCS(=O)CC3)ncnc21. The lowest BCUT2D eigenvalue weighted by Gasteiger charge is -2.23. The van der Waals surface area contributed by atoms with Gasteiger partial charge in [-0.2, -0.15) is 5.10 Å². The summed E-state index contributed by atoms with van der Waals surface area (Å²) in [4.78, 5) is 8.49. The number of hydrogen-bond acceptors (Lipinski definition) is 5. The molecule has 0 bridgehead atoms. The van der Waals surface area contributed by atoms with Crippen molar-refractivity contribution in [1.82, 2.24) is 19.7 Å². The number of aryl methyl sites for hydroxylation is 1. The first kappa shape index (κ1) is 11.6. The van der Waals surface area contributed by atoms with Gasteiger partial charge in [-0.05, 0) is 12.8 Å². The molecule has 1 saturated heterocycles. The first-order chi connectivity index (χ1) is 8.74. The molecule has 0 aliphatic carbocycles. The molecule has 0 unspecified atom stereocenters. The number of rotatable bonds is 2. The summed E-state index contributed by atoms with van der Waals surface area (Å²) in [5.74, 6) is 2.38. The standard InChI is InChI=1S/C11H15N5OS/c1-16-11-9(6-14-16)10(12-7-13-11)15-8-2-4-18(17)5-3-8/h6-8H,2-5H2,1H3,(H,12,13,15). The molecule has 2 aromatic rings. The number of hydrogen-bond donors (Lipinski definition) is 1. The summed E-state index contributed by atoms with van der Waals surface area (Å²) in [6.45, 7) is 0. The minimum Gasteiger partial charge on any atom is -0.367 e. The van der Waals surface area contributed by atoms with Crippen molar-refractivity contribution in [3.05, 3.63) is 12.5 Å². The van der Waals surface area contributed by atoms with Gasteiger partial charge in [-0.15, -0.1) is 0 Å². The van der Waals surface area contributed by atoms with Crippen molar-refractivity contribution in [2.75, 3.05) is 16.8 Å². The average Bonchev–Trinajstić information content (AvgIpc) is 2.76. The van der Waals surface area contributed by atoms with Crippen LogP contribution in [-0.4, -0.2) is 41.5 Å². The molecule has 18 heavy (non-hydrogen) atoms. The van der Waals surface area contributed by atoms with E-state index in [-0.39, 0.29) is 0 Å². The summed E-state index contributed by atoms with van der Waals surface area (Å²) in [6, 6.07) is 0.348. The maximum Gasteiger partial charge on any atom is 0.163 e. The van der Waals surface area contributed by atoms with Gasteiger partial charge in [0.2, 0.25) is 0 Å². The van der Waals surface area contributed by atoms with E-state index in [2.05, 4.69) is 20.4 Å². The maximum atomic E-state index is 11.3. The number of anilines is 1. The zero-order valence-electron chi connectivity index (χ0n) is 10.2. The fraction of sp³-hybridized carbons (Fsp3) is 0.545. The van der Waals surface area contributed by atoms with Crippen LogP contribution in [0.1, 0.15) is 12.8 Å². The molecule has 6 nitrogen and oxygen atoms in total. The highest BCUT2D eigenvalue weighted by atomic mass is 32.2. The summed E-state index contributed by atoms with van der Waals surface area (Å²) in [5, 5.41) is 8.54. The van der Waals surface area contributed by atoms with E-state index in [0.717, 1.165) is 41.2 Å². The normalized spacial score (nSPS) is 24.3. The van der Waals surface area contributed by atoms with E-state index in [1.807, 2.05) is 7.05 Å². The Hall–Kier alpha value is -1.50. The summed E-state index contributed by atoms with van der Waals surface area (Å²) < 4.78 is 13.1. The summed E-state index contributed by atoms with van der Waals surface area (Å²) in [7, 11) is 1.23. The second kappa shape index (κ2) is 4.64. The maximum absolute atomic E-state index is 11.3. The largest absolute Gasteiger partial charge is 0.367 e. The molecule has 0 saturated carbocycles. The molecular formula is C11H15N5OS. The molecule has 96 valence electrons. The molecule has 0 atom stereocenters. The first-order valence-corrected chi connectivity index (χ1v) is 7.47. The third kappa shape index (κ3) is 2.10. The van der Waals surface area contributed by atoms with E-state index in [0.29, 0.717) is 6.04 Å². The van der Waals surface area contributed by atoms with E-state index < -0.39 is 10.8 Å². The first-order valence-electron chi connectivity index (χ1n) is 5.98. The van der Waals surface area contributed by atoms with Crippen LogP contribution in [0.5, 0.6) is 0 Å². The van der Waals surface area contributed by atoms with E-state index in [9.17, 15) is 4.21 Å². The van der Waals surface area contributed by atoms with Crippen LogP contribution in [-0.2, 0) is 17.8 Å². The topological polar surface area (TPSA) is 72.7 Å². The Morgan fingerprint density at radius 2 is 2.17 bits per heavy atom.